The first kappa shape index (κ1) is 30.9. The zero-order chi connectivity index (χ0) is 30.6. The predicted molar refractivity (Wildman–Crippen MR) is 150 cm³/mol. The minimum Gasteiger partial charge on any atom is -0.455 e. The van der Waals surface area contributed by atoms with E-state index in [0.717, 1.165) is 11.1 Å². The number of ether oxygens (including phenoxy) is 7. The molecule has 3 heterocycles. The van der Waals surface area contributed by atoms with E-state index in [9.17, 15) is 14.4 Å². The van der Waals surface area contributed by atoms with Gasteiger partial charge in [0.2, 0.25) is 5.91 Å². The van der Waals surface area contributed by atoms with Gasteiger partial charge in [-0.1, -0.05) is 60.7 Å². The second kappa shape index (κ2) is 13.0. The lowest BCUT2D eigenvalue weighted by molar-refractivity contribution is -0.235. The van der Waals surface area contributed by atoms with Crippen LogP contribution in [0, 0.1) is 0 Å². The number of fused-ring (bicyclic) bond motifs is 1. The van der Waals surface area contributed by atoms with Crippen LogP contribution in [0.1, 0.15) is 38.8 Å². The van der Waals surface area contributed by atoms with E-state index < -0.39 is 72.8 Å². The Morgan fingerprint density at radius 3 is 2.21 bits per heavy atom. The van der Waals surface area contributed by atoms with Crippen molar-refractivity contribution in [3.63, 3.8) is 0 Å². The minimum absolute atomic E-state index is 0.0551. The average Bonchev–Trinajstić information content (AvgIpc) is 3.60. The van der Waals surface area contributed by atoms with Gasteiger partial charge < -0.3 is 43.8 Å². The number of rotatable bonds is 10. The molecule has 2 aromatic rings. The van der Waals surface area contributed by atoms with Crippen LogP contribution in [0.2, 0.25) is 0 Å². The maximum absolute atomic E-state index is 13.7. The first-order chi connectivity index (χ1) is 20.5. The summed E-state index contributed by atoms with van der Waals surface area (Å²) in [5, 5.41) is 5.10. The van der Waals surface area contributed by atoms with Crippen LogP contribution in [0.3, 0.4) is 0 Å². The third kappa shape index (κ3) is 8.09. The average molecular weight is 599 g/mol. The predicted octanol–water partition coefficient (Wildman–Crippen LogP) is 2.58. The number of esters is 1. The van der Waals surface area contributed by atoms with Gasteiger partial charge in [-0.2, -0.15) is 0 Å². The number of benzene rings is 2. The molecule has 0 aromatic heterocycles. The maximum Gasteiger partial charge on any atom is 0.407 e. The van der Waals surface area contributed by atoms with Crippen LogP contribution in [0.4, 0.5) is 4.79 Å². The van der Waals surface area contributed by atoms with Crippen LogP contribution >= 0.6 is 0 Å². The van der Waals surface area contributed by atoms with Crippen molar-refractivity contribution in [2.45, 2.75) is 89.0 Å². The van der Waals surface area contributed by atoms with Crippen LogP contribution in [0.25, 0.3) is 0 Å². The molecule has 4 unspecified atom stereocenters. The number of carbonyl (C=O) groups excluding carboxylic acids is 3. The summed E-state index contributed by atoms with van der Waals surface area (Å²) in [6, 6.07) is 17.3. The standard InChI is InChI=1S/C31H38N2O10/c1-30(2)38-18-22(41-30)24-25(26-28(40-24)43-31(3,4)42-26)39-27(35)21(15-19-11-7-5-8-12-19)33-23(34)16-32-29(36)37-17-20-13-9-6-10-14-20/h5-14,21-22,24-26,28H,15-18H2,1-4H3,(H,32,36)(H,33,34)/t21?,22-,24-,25?,26?,28?/m0/s1. The highest BCUT2D eigenvalue weighted by Gasteiger charge is 2.60. The van der Waals surface area contributed by atoms with E-state index in [1.807, 2.05) is 60.7 Å². The van der Waals surface area contributed by atoms with Crippen molar-refractivity contribution in [3.8, 4) is 0 Å². The molecular weight excluding hydrogens is 560 g/mol. The Kier molecular flexibility index (Phi) is 9.33. The third-order valence-corrected chi connectivity index (χ3v) is 7.18. The lowest BCUT2D eigenvalue weighted by atomic mass is 10.0. The highest BCUT2D eigenvalue weighted by molar-refractivity contribution is 5.87. The summed E-state index contributed by atoms with van der Waals surface area (Å²) in [7, 11) is 0. The molecule has 6 atom stereocenters. The molecule has 12 heteroatoms. The molecule has 2 N–H and O–H groups in total. The fourth-order valence-electron chi connectivity index (χ4n) is 5.25. The van der Waals surface area contributed by atoms with E-state index in [1.165, 1.54) is 0 Å². The normalized spacial score (nSPS) is 27.6. The van der Waals surface area contributed by atoms with Gasteiger partial charge in [-0.15, -0.1) is 0 Å². The van der Waals surface area contributed by atoms with E-state index in [4.69, 9.17) is 33.2 Å². The lowest BCUT2D eigenvalue weighted by Gasteiger charge is -2.30. The van der Waals surface area contributed by atoms with Gasteiger partial charge in [0.15, 0.2) is 30.1 Å². The van der Waals surface area contributed by atoms with Gasteiger partial charge in [0, 0.05) is 6.42 Å². The Bertz CT molecular complexity index is 1270. The molecular formula is C31H38N2O10. The van der Waals surface area contributed by atoms with Gasteiger partial charge in [-0.3, -0.25) is 4.79 Å². The molecule has 232 valence electrons. The van der Waals surface area contributed by atoms with E-state index in [2.05, 4.69) is 10.6 Å². The Labute approximate surface area is 250 Å². The maximum atomic E-state index is 13.7. The highest BCUT2D eigenvalue weighted by atomic mass is 16.8. The highest BCUT2D eigenvalue weighted by Crippen LogP contribution is 2.42. The summed E-state index contributed by atoms with van der Waals surface area (Å²) < 4.78 is 41.0. The molecule has 0 bridgehead atoms. The number of carbonyl (C=O) groups is 3. The van der Waals surface area contributed by atoms with Crippen molar-refractivity contribution in [1.82, 2.24) is 10.6 Å². The van der Waals surface area contributed by atoms with Crippen molar-refractivity contribution < 1.29 is 47.5 Å². The third-order valence-electron chi connectivity index (χ3n) is 7.18. The largest absolute Gasteiger partial charge is 0.455 e. The Hall–Kier alpha value is -3.55. The van der Waals surface area contributed by atoms with Gasteiger partial charge >= 0.3 is 12.1 Å². The fourth-order valence-corrected chi connectivity index (χ4v) is 5.25. The first-order valence-corrected chi connectivity index (χ1v) is 14.3. The van der Waals surface area contributed by atoms with E-state index >= 15 is 0 Å². The summed E-state index contributed by atoms with van der Waals surface area (Å²) >= 11 is 0. The van der Waals surface area contributed by atoms with E-state index in [1.54, 1.807) is 27.7 Å². The van der Waals surface area contributed by atoms with E-state index in [-0.39, 0.29) is 19.6 Å². The summed E-state index contributed by atoms with van der Waals surface area (Å²) in [6.07, 6.45) is -4.28. The molecule has 12 nitrogen and oxygen atoms in total. The van der Waals surface area contributed by atoms with Gasteiger partial charge in [0.25, 0.3) is 0 Å². The summed E-state index contributed by atoms with van der Waals surface area (Å²) in [5.74, 6) is -3.08. The number of hydrogen-bond donors (Lipinski definition) is 2. The molecule has 2 aromatic carbocycles. The number of hydrogen-bond acceptors (Lipinski definition) is 10. The Balaban J connectivity index is 1.24. The van der Waals surface area contributed by atoms with Crippen LogP contribution in [0.15, 0.2) is 60.7 Å². The van der Waals surface area contributed by atoms with E-state index in [0.29, 0.717) is 0 Å². The van der Waals surface area contributed by atoms with Crippen molar-refractivity contribution in [2.24, 2.45) is 0 Å². The molecule has 3 fully saturated rings. The molecule has 43 heavy (non-hydrogen) atoms. The molecule has 3 aliphatic rings. The van der Waals surface area contributed by atoms with Crippen LogP contribution < -0.4 is 10.6 Å². The lowest BCUT2D eigenvalue weighted by Crippen LogP contribution is -2.51. The van der Waals surface area contributed by atoms with Gasteiger partial charge in [0.1, 0.15) is 31.4 Å². The van der Waals surface area contributed by atoms with Crippen molar-refractivity contribution in [2.75, 3.05) is 13.2 Å². The molecule has 5 rings (SSSR count). The minimum atomic E-state index is -1.08. The van der Waals surface area contributed by atoms with Crippen molar-refractivity contribution in [3.05, 3.63) is 71.8 Å². The van der Waals surface area contributed by atoms with Crippen LogP contribution in [0.5, 0.6) is 0 Å². The summed E-state index contributed by atoms with van der Waals surface area (Å²) in [5.41, 5.74) is 1.61. The number of nitrogens with one attached hydrogen (secondary N) is 2. The SMILES string of the molecule is CC1(C)OC2O[C@@H]([C@@H]3COC(C)(C)O3)C(OC(=O)C(Cc3ccccc3)NC(=O)CNC(=O)OCc3ccccc3)C2O1. The van der Waals surface area contributed by atoms with Crippen molar-refractivity contribution >= 4 is 18.0 Å². The number of alkyl carbamates (subject to hydrolysis) is 1. The number of amides is 2. The Morgan fingerprint density at radius 1 is 0.884 bits per heavy atom. The smallest absolute Gasteiger partial charge is 0.407 e. The Morgan fingerprint density at radius 2 is 1.56 bits per heavy atom. The topological polar surface area (TPSA) is 140 Å². The fraction of sp³-hybridized carbons (Fsp3) is 0.516. The molecule has 3 saturated heterocycles. The van der Waals surface area contributed by atoms with Gasteiger partial charge in [0.05, 0.1) is 6.61 Å². The quantitative estimate of drug-likeness (QED) is 0.392. The first-order valence-electron chi connectivity index (χ1n) is 14.3. The zero-order valence-corrected chi connectivity index (χ0v) is 24.6. The molecule has 0 spiro atoms. The monoisotopic (exact) mass is 598 g/mol. The molecule has 2 amide bonds. The molecule has 0 radical (unpaired) electrons. The van der Waals surface area contributed by atoms with Crippen LogP contribution in [-0.4, -0.2) is 79.4 Å². The van der Waals surface area contributed by atoms with Gasteiger partial charge in [-0.05, 0) is 38.8 Å². The molecule has 0 saturated carbocycles. The summed E-state index contributed by atoms with van der Waals surface area (Å²) in [6.45, 7) is 6.95. The second-order valence-electron chi connectivity index (χ2n) is 11.6. The second-order valence-corrected chi connectivity index (χ2v) is 11.6. The van der Waals surface area contributed by atoms with Gasteiger partial charge in [-0.25, -0.2) is 9.59 Å². The zero-order valence-electron chi connectivity index (χ0n) is 24.6. The summed E-state index contributed by atoms with van der Waals surface area (Å²) in [4.78, 5) is 38.7. The molecule has 0 aliphatic carbocycles. The molecule has 3 aliphatic heterocycles. The van der Waals surface area contributed by atoms with Crippen molar-refractivity contribution in [1.29, 1.82) is 0 Å². The van der Waals surface area contributed by atoms with Crippen LogP contribution in [-0.2, 0) is 55.8 Å².